The molecule has 4 N–H and O–H groups in total. The van der Waals surface area contributed by atoms with Gasteiger partial charge in [-0.2, -0.15) is 0 Å². The Morgan fingerprint density at radius 2 is 2.00 bits per heavy atom. The molecule has 0 saturated carbocycles. The summed E-state index contributed by atoms with van der Waals surface area (Å²) in [6, 6.07) is 5.31. The summed E-state index contributed by atoms with van der Waals surface area (Å²) >= 11 is 0. The van der Waals surface area contributed by atoms with E-state index >= 15 is 0 Å². The van der Waals surface area contributed by atoms with Gasteiger partial charge in [-0.3, -0.25) is 0 Å². The number of benzene rings is 1. The lowest BCUT2D eigenvalue weighted by molar-refractivity contribution is 0.0450. The maximum atomic E-state index is 11.9. The van der Waals surface area contributed by atoms with Crippen LogP contribution < -0.4 is 11.5 Å². The monoisotopic (exact) mass is 277 g/mol. The quantitative estimate of drug-likeness (QED) is 0.648. The Labute approximate surface area is 119 Å². The van der Waals surface area contributed by atoms with E-state index in [0.717, 1.165) is 13.0 Å². The van der Waals surface area contributed by atoms with Crippen molar-refractivity contribution < 1.29 is 9.53 Å². The predicted molar refractivity (Wildman–Crippen MR) is 80.4 cm³/mol. The maximum absolute atomic E-state index is 11.9. The first-order chi connectivity index (χ1) is 9.56. The van der Waals surface area contributed by atoms with Gasteiger partial charge in [0.25, 0.3) is 0 Å². The second-order valence-corrected chi connectivity index (χ2v) is 5.44. The van der Waals surface area contributed by atoms with Crippen molar-refractivity contribution >= 4 is 17.3 Å². The van der Waals surface area contributed by atoms with Gasteiger partial charge < -0.3 is 21.1 Å². The molecule has 0 aliphatic carbocycles. The van der Waals surface area contributed by atoms with Gasteiger partial charge in [-0.25, -0.2) is 4.79 Å². The molecule has 5 nitrogen and oxygen atoms in total. The summed E-state index contributed by atoms with van der Waals surface area (Å²) in [7, 11) is 2.13. The largest absolute Gasteiger partial charge is 0.462 e. The normalized spacial score (nSPS) is 19.8. The Kier molecular flexibility index (Phi) is 4.84. The number of hydrogen-bond acceptors (Lipinski definition) is 5. The highest BCUT2D eigenvalue weighted by Gasteiger charge is 2.19. The van der Waals surface area contributed by atoms with E-state index in [-0.39, 0.29) is 5.97 Å². The minimum Gasteiger partial charge on any atom is -0.462 e. The number of nitrogens with two attached hydrogens (primary N) is 2. The van der Waals surface area contributed by atoms with Crippen LogP contribution in [0.15, 0.2) is 18.2 Å². The van der Waals surface area contributed by atoms with Gasteiger partial charge in [0.1, 0.15) is 0 Å². The molecule has 0 aromatic heterocycles. The minimum atomic E-state index is -0.359. The van der Waals surface area contributed by atoms with Crippen LogP contribution in [-0.4, -0.2) is 37.1 Å². The third kappa shape index (κ3) is 3.87. The number of likely N-dealkylation sites (tertiary alicyclic amines) is 1. The van der Waals surface area contributed by atoms with Gasteiger partial charge in [-0.1, -0.05) is 6.42 Å². The average Bonchev–Trinajstić information content (AvgIpc) is 2.39. The Hall–Kier alpha value is -1.75. The van der Waals surface area contributed by atoms with Crippen molar-refractivity contribution in [1.29, 1.82) is 0 Å². The first kappa shape index (κ1) is 14.7. The van der Waals surface area contributed by atoms with Crippen LogP contribution in [0.3, 0.4) is 0 Å². The number of carbonyl (C=O) groups excluding carboxylic acids is 1. The molecule has 5 heteroatoms. The number of rotatable bonds is 4. The van der Waals surface area contributed by atoms with E-state index in [1.54, 1.807) is 18.2 Å². The van der Waals surface area contributed by atoms with E-state index in [2.05, 4.69) is 11.9 Å². The molecule has 2 rings (SSSR count). The molecular weight excluding hydrogens is 254 g/mol. The van der Waals surface area contributed by atoms with Crippen LogP contribution in [0.5, 0.6) is 0 Å². The summed E-state index contributed by atoms with van der Waals surface area (Å²) in [6.45, 7) is 1.56. The van der Waals surface area contributed by atoms with Crippen LogP contribution in [0.2, 0.25) is 0 Å². The van der Waals surface area contributed by atoms with Crippen molar-refractivity contribution in [2.45, 2.75) is 31.7 Å². The van der Waals surface area contributed by atoms with Crippen LogP contribution in [-0.2, 0) is 4.74 Å². The second-order valence-electron chi connectivity index (χ2n) is 5.44. The third-order valence-corrected chi connectivity index (χ3v) is 3.82. The lowest BCUT2D eigenvalue weighted by atomic mass is 10.0. The van der Waals surface area contributed by atoms with Crippen LogP contribution >= 0.6 is 0 Å². The van der Waals surface area contributed by atoms with Crippen molar-refractivity contribution in [3.8, 4) is 0 Å². The molecule has 1 unspecified atom stereocenters. The van der Waals surface area contributed by atoms with Gasteiger partial charge in [0.15, 0.2) is 0 Å². The summed E-state index contributed by atoms with van der Waals surface area (Å²) in [4.78, 5) is 14.3. The molecule has 1 saturated heterocycles. The summed E-state index contributed by atoms with van der Waals surface area (Å²) < 4.78 is 5.31. The molecule has 1 aliphatic rings. The highest BCUT2D eigenvalue weighted by Crippen LogP contribution is 2.18. The topological polar surface area (TPSA) is 81.6 Å². The SMILES string of the molecule is CN1CCCCC1CCOC(=O)c1cc(N)cc(N)c1. The predicted octanol–water partition coefficient (Wildman–Crippen LogP) is 1.88. The molecule has 1 atom stereocenters. The summed E-state index contributed by atoms with van der Waals surface area (Å²) in [5.41, 5.74) is 12.7. The van der Waals surface area contributed by atoms with Crippen LogP contribution in [0.4, 0.5) is 11.4 Å². The zero-order valence-electron chi connectivity index (χ0n) is 12.0. The number of hydrogen-bond donors (Lipinski definition) is 2. The fraction of sp³-hybridized carbons (Fsp3) is 0.533. The van der Waals surface area contributed by atoms with Gasteiger partial charge in [0, 0.05) is 17.4 Å². The summed E-state index contributed by atoms with van der Waals surface area (Å²) in [6.07, 6.45) is 4.57. The van der Waals surface area contributed by atoms with E-state index < -0.39 is 0 Å². The zero-order chi connectivity index (χ0) is 14.5. The third-order valence-electron chi connectivity index (χ3n) is 3.82. The van der Waals surface area contributed by atoms with Crippen LogP contribution in [0, 0.1) is 0 Å². The van der Waals surface area contributed by atoms with Crippen molar-refractivity contribution in [2.75, 3.05) is 31.7 Å². The second kappa shape index (κ2) is 6.61. The van der Waals surface area contributed by atoms with Gasteiger partial charge in [0.2, 0.25) is 0 Å². The maximum Gasteiger partial charge on any atom is 0.338 e. The van der Waals surface area contributed by atoms with Crippen molar-refractivity contribution in [1.82, 2.24) is 4.90 Å². The van der Waals surface area contributed by atoms with Crippen molar-refractivity contribution in [2.24, 2.45) is 0 Å². The first-order valence-corrected chi connectivity index (χ1v) is 7.09. The lowest BCUT2D eigenvalue weighted by Crippen LogP contribution is -2.37. The first-order valence-electron chi connectivity index (χ1n) is 7.09. The van der Waals surface area contributed by atoms with E-state index in [4.69, 9.17) is 16.2 Å². The van der Waals surface area contributed by atoms with Crippen molar-refractivity contribution in [3.63, 3.8) is 0 Å². The Morgan fingerprint density at radius 3 is 2.65 bits per heavy atom. The van der Waals surface area contributed by atoms with Crippen molar-refractivity contribution in [3.05, 3.63) is 23.8 Å². The summed E-state index contributed by atoms with van der Waals surface area (Å²) in [5.74, 6) is -0.359. The van der Waals surface area contributed by atoms with Crippen LogP contribution in [0.1, 0.15) is 36.0 Å². The number of carbonyl (C=O) groups is 1. The van der Waals surface area contributed by atoms with Gasteiger partial charge >= 0.3 is 5.97 Å². The fourth-order valence-electron chi connectivity index (χ4n) is 2.67. The molecule has 1 fully saturated rings. The van der Waals surface area contributed by atoms with E-state index in [0.29, 0.717) is 29.6 Å². The van der Waals surface area contributed by atoms with E-state index in [1.807, 2.05) is 0 Å². The molecule has 0 bridgehead atoms. The smallest absolute Gasteiger partial charge is 0.338 e. The molecule has 20 heavy (non-hydrogen) atoms. The molecule has 1 aliphatic heterocycles. The lowest BCUT2D eigenvalue weighted by Gasteiger charge is -2.32. The minimum absolute atomic E-state index is 0.359. The molecular formula is C15H23N3O2. The number of esters is 1. The molecule has 110 valence electrons. The number of piperidine rings is 1. The van der Waals surface area contributed by atoms with Crippen LogP contribution in [0.25, 0.3) is 0 Å². The number of anilines is 2. The molecule has 0 radical (unpaired) electrons. The van der Waals surface area contributed by atoms with E-state index in [9.17, 15) is 4.79 Å². The number of nitrogen functional groups attached to an aromatic ring is 2. The highest BCUT2D eigenvalue weighted by atomic mass is 16.5. The fourth-order valence-corrected chi connectivity index (χ4v) is 2.67. The van der Waals surface area contributed by atoms with Gasteiger partial charge in [-0.05, 0) is 51.1 Å². The van der Waals surface area contributed by atoms with E-state index in [1.165, 1.54) is 19.3 Å². The molecule has 1 aromatic carbocycles. The van der Waals surface area contributed by atoms with Gasteiger partial charge in [0.05, 0.1) is 12.2 Å². The standard InChI is InChI=1S/C15H23N3O2/c1-18-6-3-2-4-14(18)5-7-20-15(19)11-8-12(16)10-13(17)9-11/h8-10,14H,2-7,16-17H2,1H3. The molecule has 0 spiro atoms. The number of nitrogens with zero attached hydrogens (tertiary/aromatic N) is 1. The Bertz CT molecular complexity index is 456. The number of ether oxygens (including phenoxy) is 1. The molecule has 1 heterocycles. The van der Waals surface area contributed by atoms with Gasteiger partial charge in [-0.15, -0.1) is 0 Å². The Balaban J connectivity index is 1.82. The Morgan fingerprint density at radius 1 is 1.30 bits per heavy atom. The molecule has 1 aromatic rings. The summed E-state index contributed by atoms with van der Waals surface area (Å²) in [5, 5.41) is 0. The average molecular weight is 277 g/mol. The zero-order valence-corrected chi connectivity index (χ0v) is 12.0. The highest BCUT2D eigenvalue weighted by molar-refractivity contribution is 5.91. The molecule has 0 amide bonds.